The molecule has 31 heavy (non-hydrogen) atoms. The van der Waals surface area contributed by atoms with Crippen LogP contribution in [0.2, 0.25) is 0 Å². The second-order valence-corrected chi connectivity index (χ2v) is 10.3. The molecule has 1 aliphatic rings. The molecule has 1 heterocycles. The quantitative estimate of drug-likeness (QED) is 0.257. The van der Waals surface area contributed by atoms with E-state index in [1.54, 1.807) is 0 Å². The van der Waals surface area contributed by atoms with Crippen LogP contribution < -0.4 is 0 Å². The largest absolute Gasteiger partial charge is 0.270 e. The lowest BCUT2D eigenvalue weighted by atomic mass is 9.82. The SMILES string of the molecule is O=[N+]([O-])c1cccc(S(=O)(=O)N2CCC[C@]2(c2ccccc2)[C@@H](Br)c2ccccc2)c1. The minimum Gasteiger partial charge on any atom is -0.258 e. The minimum absolute atomic E-state index is 0.0725. The lowest BCUT2D eigenvalue weighted by molar-refractivity contribution is -0.385. The van der Waals surface area contributed by atoms with E-state index in [9.17, 15) is 18.5 Å². The molecule has 0 amide bonds. The first-order chi connectivity index (χ1) is 14.9. The Balaban J connectivity index is 1.89. The Morgan fingerprint density at radius 3 is 2.26 bits per heavy atom. The maximum Gasteiger partial charge on any atom is 0.270 e. The van der Waals surface area contributed by atoms with Gasteiger partial charge < -0.3 is 0 Å². The molecule has 6 nitrogen and oxygen atoms in total. The highest BCUT2D eigenvalue weighted by atomic mass is 79.9. The Kier molecular flexibility index (Phi) is 5.96. The molecule has 4 rings (SSSR count). The van der Waals surface area contributed by atoms with Crippen LogP contribution in [0.1, 0.15) is 28.8 Å². The highest BCUT2D eigenvalue weighted by molar-refractivity contribution is 9.09. The van der Waals surface area contributed by atoms with Crippen molar-refractivity contribution < 1.29 is 13.3 Å². The molecule has 160 valence electrons. The summed E-state index contributed by atoms with van der Waals surface area (Å²) in [6.07, 6.45) is 1.30. The van der Waals surface area contributed by atoms with E-state index >= 15 is 0 Å². The summed E-state index contributed by atoms with van der Waals surface area (Å²) in [6, 6.07) is 24.6. The Hall–Kier alpha value is -2.55. The highest BCUT2D eigenvalue weighted by Gasteiger charge is 2.53. The van der Waals surface area contributed by atoms with Crippen LogP contribution >= 0.6 is 15.9 Å². The predicted molar refractivity (Wildman–Crippen MR) is 122 cm³/mol. The molecular formula is C23H21BrN2O4S. The molecule has 0 unspecified atom stereocenters. The number of sulfonamides is 1. The summed E-state index contributed by atoms with van der Waals surface area (Å²) in [5.74, 6) is 0. The van der Waals surface area contributed by atoms with Crippen molar-refractivity contribution in [2.24, 2.45) is 0 Å². The normalized spacial score (nSPS) is 20.4. The second-order valence-electron chi connectivity index (χ2n) is 7.50. The van der Waals surface area contributed by atoms with Gasteiger partial charge in [0.1, 0.15) is 0 Å². The minimum atomic E-state index is -4.00. The molecular weight excluding hydrogens is 480 g/mol. The molecule has 1 aliphatic heterocycles. The van der Waals surface area contributed by atoms with Crippen molar-refractivity contribution in [2.45, 2.75) is 28.1 Å². The average molecular weight is 501 g/mol. The third-order valence-electron chi connectivity index (χ3n) is 5.77. The van der Waals surface area contributed by atoms with E-state index in [0.717, 1.165) is 17.2 Å². The van der Waals surface area contributed by atoms with Gasteiger partial charge in [0.2, 0.25) is 10.0 Å². The van der Waals surface area contributed by atoms with Gasteiger partial charge in [-0.05, 0) is 30.0 Å². The third kappa shape index (κ3) is 3.79. The van der Waals surface area contributed by atoms with Crippen molar-refractivity contribution in [2.75, 3.05) is 6.54 Å². The van der Waals surface area contributed by atoms with Gasteiger partial charge in [-0.2, -0.15) is 4.31 Å². The van der Waals surface area contributed by atoms with Crippen LogP contribution in [0.3, 0.4) is 0 Å². The lowest BCUT2D eigenvalue weighted by Gasteiger charge is -2.42. The van der Waals surface area contributed by atoms with Crippen LogP contribution in [-0.2, 0) is 15.6 Å². The Morgan fingerprint density at radius 2 is 1.61 bits per heavy atom. The van der Waals surface area contributed by atoms with Crippen LogP contribution in [0, 0.1) is 10.1 Å². The molecule has 1 saturated heterocycles. The van der Waals surface area contributed by atoms with E-state index in [0.29, 0.717) is 19.4 Å². The number of nitro groups is 1. The van der Waals surface area contributed by atoms with Gasteiger partial charge in [-0.15, -0.1) is 0 Å². The summed E-state index contributed by atoms with van der Waals surface area (Å²) in [4.78, 5) is 10.3. The smallest absolute Gasteiger partial charge is 0.258 e. The van der Waals surface area contributed by atoms with Crippen LogP contribution in [-0.4, -0.2) is 24.2 Å². The topological polar surface area (TPSA) is 80.5 Å². The third-order valence-corrected chi connectivity index (χ3v) is 8.99. The maximum absolute atomic E-state index is 13.8. The number of alkyl halides is 1. The fourth-order valence-electron chi connectivity index (χ4n) is 4.35. The summed E-state index contributed by atoms with van der Waals surface area (Å²) >= 11 is 3.84. The zero-order valence-electron chi connectivity index (χ0n) is 16.6. The Bertz CT molecular complexity index is 1190. The number of halogens is 1. The van der Waals surface area contributed by atoms with E-state index in [2.05, 4.69) is 15.9 Å². The van der Waals surface area contributed by atoms with Crippen molar-refractivity contribution in [1.82, 2.24) is 4.31 Å². The number of hydrogen-bond donors (Lipinski definition) is 0. The standard InChI is InChI=1S/C23H21BrN2O4S/c24-22(18-9-3-1-4-10-18)23(19-11-5-2-6-12-19)15-8-16-25(23)31(29,30)21-14-7-13-20(17-21)26(27)28/h1-7,9-14,17,22H,8,15-16H2/t22-,23-/m0/s1. The molecule has 0 N–H and O–H groups in total. The van der Waals surface area contributed by atoms with Crippen LogP contribution in [0.5, 0.6) is 0 Å². The lowest BCUT2D eigenvalue weighted by Crippen LogP contribution is -2.47. The summed E-state index contributed by atoms with van der Waals surface area (Å²) in [7, 11) is -4.00. The average Bonchev–Trinajstić information content (AvgIpc) is 3.27. The molecule has 0 bridgehead atoms. The van der Waals surface area contributed by atoms with Gasteiger partial charge in [0.25, 0.3) is 5.69 Å². The van der Waals surface area contributed by atoms with Crippen molar-refractivity contribution in [3.05, 3.63) is 106 Å². The van der Waals surface area contributed by atoms with Crippen LogP contribution in [0.25, 0.3) is 0 Å². The number of nitrogens with zero attached hydrogens (tertiary/aromatic N) is 2. The van der Waals surface area contributed by atoms with Gasteiger partial charge in [0.15, 0.2) is 0 Å². The number of non-ortho nitro benzene ring substituents is 1. The molecule has 3 aromatic rings. The Morgan fingerprint density at radius 1 is 0.968 bits per heavy atom. The predicted octanol–water partition coefficient (Wildman–Crippen LogP) is 5.41. The summed E-state index contributed by atoms with van der Waals surface area (Å²) < 4.78 is 29.1. The van der Waals surface area contributed by atoms with Gasteiger partial charge in [-0.3, -0.25) is 10.1 Å². The highest BCUT2D eigenvalue weighted by Crippen LogP contribution is 2.54. The van der Waals surface area contributed by atoms with Gasteiger partial charge in [-0.1, -0.05) is 82.7 Å². The first-order valence-electron chi connectivity index (χ1n) is 9.89. The molecule has 2 atom stereocenters. The van der Waals surface area contributed by atoms with E-state index in [1.165, 1.54) is 22.5 Å². The number of benzene rings is 3. The van der Waals surface area contributed by atoms with Crippen LogP contribution in [0.15, 0.2) is 89.8 Å². The molecule has 0 radical (unpaired) electrons. The molecule has 0 spiro atoms. The Labute approximate surface area is 189 Å². The van der Waals surface area contributed by atoms with E-state index in [-0.39, 0.29) is 15.4 Å². The number of hydrogen-bond acceptors (Lipinski definition) is 4. The van der Waals surface area contributed by atoms with E-state index < -0.39 is 20.5 Å². The van der Waals surface area contributed by atoms with Crippen LogP contribution in [0.4, 0.5) is 5.69 Å². The first kappa shape index (κ1) is 21.7. The van der Waals surface area contributed by atoms with Gasteiger partial charge in [0.05, 0.1) is 20.2 Å². The monoisotopic (exact) mass is 500 g/mol. The van der Waals surface area contributed by atoms with Crippen molar-refractivity contribution in [3.63, 3.8) is 0 Å². The van der Waals surface area contributed by atoms with Gasteiger partial charge in [-0.25, -0.2) is 8.42 Å². The molecule has 1 fully saturated rings. The van der Waals surface area contributed by atoms with Crippen molar-refractivity contribution >= 4 is 31.6 Å². The second kappa shape index (κ2) is 8.53. The molecule has 3 aromatic carbocycles. The summed E-state index contributed by atoms with van der Waals surface area (Å²) in [6.45, 7) is 0.328. The zero-order valence-corrected chi connectivity index (χ0v) is 19.0. The molecule has 0 aromatic heterocycles. The maximum atomic E-state index is 13.8. The molecule has 0 aliphatic carbocycles. The van der Waals surface area contributed by atoms with Gasteiger partial charge in [0, 0.05) is 18.7 Å². The molecule has 8 heteroatoms. The summed E-state index contributed by atoms with van der Waals surface area (Å²) in [5.41, 5.74) is 0.732. The fraction of sp³-hybridized carbons (Fsp3) is 0.217. The summed E-state index contributed by atoms with van der Waals surface area (Å²) in [5, 5.41) is 11.2. The van der Waals surface area contributed by atoms with E-state index in [4.69, 9.17) is 0 Å². The van der Waals surface area contributed by atoms with Crippen molar-refractivity contribution in [3.8, 4) is 0 Å². The van der Waals surface area contributed by atoms with Gasteiger partial charge >= 0.3 is 0 Å². The fourth-order valence-corrected chi connectivity index (χ4v) is 7.40. The zero-order chi connectivity index (χ0) is 22.1. The first-order valence-corrected chi connectivity index (χ1v) is 12.2. The number of rotatable bonds is 6. The molecule has 0 saturated carbocycles. The van der Waals surface area contributed by atoms with Crippen molar-refractivity contribution in [1.29, 1.82) is 0 Å². The van der Waals surface area contributed by atoms with E-state index in [1.807, 2.05) is 60.7 Å². The number of nitro benzene ring substituents is 1.